The fourth-order valence-corrected chi connectivity index (χ4v) is 3.95. The quantitative estimate of drug-likeness (QED) is 0.724. The summed E-state index contributed by atoms with van der Waals surface area (Å²) in [6.07, 6.45) is 1.64. The number of hydrogen-bond acceptors (Lipinski definition) is 4. The Labute approximate surface area is 152 Å². The van der Waals surface area contributed by atoms with Crippen LogP contribution in [0.1, 0.15) is 11.1 Å². The SMILES string of the molecule is Cc1ccc(S(=O)(=O)NCC(=O)Nc2cccc3cccnc23)c(C)c1. The topological polar surface area (TPSA) is 88.2 Å². The molecule has 6 nitrogen and oxygen atoms in total. The number of para-hydroxylation sites is 1. The molecule has 0 aliphatic heterocycles. The molecule has 0 atom stereocenters. The number of aryl methyl sites for hydroxylation is 2. The van der Waals surface area contributed by atoms with Crippen molar-refractivity contribution in [2.75, 3.05) is 11.9 Å². The lowest BCUT2D eigenvalue weighted by Gasteiger charge is -2.11. The summed E-state index contributed by atoms with van der Waals surface area (Å²) in [5.74, 6) is -0.462. The Morgan fingerprint density at radius 2 is 1.85 bits per heavy atom. The van der Waals surface area contributed by atoms with Gasteiger partial charge in [-0.3, -0.25) is 9.78 Å². The molecule has 0 aliphatic carbocycles. The van der Waals surface area contributed by atoms with Gasteiger partial charge in [-0.2, -0.15) is 0 Å². The van der Waals surface area contributed by atoms with Gasteiger partial charge in [0.1, 0.15) is 0 Å². The molecule has 134 valence electrons. The summed E-state index contributed by atoms with van der Waals surface area (Å²) in [6.45, 7) is 3.25. The summed E-state index contributed by atoms with van der Waals surface area (Å²) < 4.78 is 27.2. The van der Waals surface area contributed by atoms with E-state index in [4.69, 9.17) is 0 Å². The number of amides is 1. The van der Waals surface area contributed by atoms with E-state index in [1.807, 2.05) is 25.1 Å². The Morgan fingerprint density at radius 1 is 1.08 bits per heavy atom. The average Bonchev–Trinajstić information content (AvgIpc) is 2.60. The highest BCUT2D eigenvalue weighted by Crippen LogP contribution is 2.20. The van der Waals surface area contributed by atoms with Crippen LogP contribution in [-0.4, -0.2) is 25.9 Å². The Balaban J connectivity index is 1.72. The summed E-state index contributed by atoms with van der Waals surface area (Å²) >= 11 is 0. The molecule has 0 saturated carbocycles. The van der Waals surface area contributed by atoms with Gasteiger partial charge in [-0.1, -0.05) is 35.9 Å². The van der Waals surface area contributed by atoms with Gasteiger partial charge in [0.2, 0.25) is 15.9 Å². The number of aromatic nitrogens is 1. The van der Waals surface area contributed by atoms with Gasteiger partial charge in [0.25, 0.3) is 0 Å². The molecule has 2 aromatic carbocycles. The van der Waals surface area contributed by atoms with Crippen molar-refractivity contribution >= 4 is 32.5 Å². The average molecular weight is 369 g/mol. The number of hydrogen-bond donors (Lipinski definition) is 2. The third kappa shape index (κ3) is 3.89. The Bertz CT molecular complexity index is 1070. The molecule has 0 fully saturated rings. The Morgan fingerprint density at radius 3 is 2.62 bits per heavy atom. The lowest BCUT2D eigenvalue weighted by molar-refractivity contribution is -0.115. The molecule has 3 rings (SSSR count). The van der Waals surface area contributed by atoms with Crippen molar-refractivity contribution in [2.45, 2.75) is 18.7 Å². The number of carbonyl (C=O) groups is 1. The van der Waals surface area contributed by atoms with E-state index in [2.05, 4.69) is 15.0 Å². The second kappa shape index (κ2) is 7.23. The summed E-state index contributed by atoms with van der Waals surface area (Å²) in [5.41, 5.74) is 2.80. The first kappa shape index (κ1) is 18.0. The number of anilines is 1. The normalized spacial score (nSPS) is 11.5. The predicted molar refractivity (Wildman–Crippen MR) is 101 cm³/mol. The highest BCUT2D eigenvalue weighted by Gasteiger charge is 2.18. The number of nitrogens with one attached hydrogen (secondary N) is 2. The number of pyridine rings is 1. The molecule has 7 heteroatoms. The maximum atomic E-state index is 12.4. The third-order valence-corrected chi connectivity index (χ3v) is 5.51. The molecule has 0 bridgehead atoms. The van der Waals surface area contributed by atoms with E-state index in [1.54, 1.807) is 43.5 Å². The van der Waals surface area contributed by atoms with Crippen molar-refractivity contribution in [3.05, 3.63) is 65.9 Å². The number of nitrogens with zero attached hydrogens (tertiary/aromatic N) is 1. The number of fused-ring (bicyclic) bond motifs is 1. The van der Waals surface area contributed by atoms with E-state index in [0.29, 0.717) is 16.8 Å². The number of rotatable bonds is 5. The van der Waals surface area contributed by atoms with Gasteiger partial charge in [0.05, 0.1) is 22.6 Å². The zero-order valence-electron chi connectivity index (χ0n) is 14.5. The minimum absolute atomic E-state index is 0.169. The van der Waals surface area contributed by atoms with E-state index in [-0.39, 0.29) is 11.4 Å². The van der Waals surface area contributed by atoms with E-state index in [1.165, 1.54) is 0 Å². The molecule has 1 aromatic heterocycles. The molecule has 0 unspecified atom stereocenters. The molecule has 0 radical (unpaired) electrons. The largest absolute Gasteiger partial charge is 0.323 e. The molecular formula is C19H19N3O3S. The van der Waals surface area contributed by atoms with E-state index >= 15 is 0 Å². The van der Waals surface area contributed by atoms with E-state index < -0.39 is 15.9 Å². The minimum atomic E-state index is -3.76. The second-order valence-electron chi connectivity index (χ2n) is 6.02. The fraction of sp³-hybridized carbons (Fsp3) is 0.158. The predicted octanol–water partition coefficient (Wildman–Crippen LogP) is 2.77. The van der Waals surface area contributed by atoms with Crippen molar-refractivity contribution in [3.8, 4) is 0 Å². The fourth-order valence-electron chi connectivity index (χ4n) is 2.74. The van der Waals surface area contributed by atoms with Gasteiger partial charge in [0, 0.05) is 11.6 Å². The van der Waals surface area contributed by atoms with Crippen LogP contribution < -0.4 is 10.0 Å². The summed E-state index contributed by atoms with van der Waals surface area (Å²) in [5, 5.41) is 3.59. The second-order valence-corrected chi connectivity index (χ2v) is 7.76. The van der Waals surface area contributed by atoms with Crippen molar-refractivity contribution < 1.29 is 13.2 Å². The van der Waals surface area contributed by atoms with Crippen LogP contribution in [-0.2, 0) is 14.8 Å². The third-order valence-electron chi connectivity index (χ3n) is 3.95. The first-order valence-electron chi connectivity index (χ1n) is 8.07. The molecule has 0 aliphatic rings. The maximum Gasteiger partial charge on any atom is 0.241 e. The Hall–Kier alpha value is -2.77. The standard InChI is InChI=1S/C19H19N3O3S/c1-13-8-9-17(14(2)11-13)26(24,25)21-12-18(23)22-16-7-3-5-15-6-4-10-20-19(15)16/h3-11,21H,12H2,1-2H3,(H,22,23). The molecule has 2 N–H and O–H groups in total. The number of sulfonamides is 1. The van der Waals surface area contributed by atoms with Crippen LogP contribution in [0.2, 0.25) is 0 Å². The first-order chi connectivity index (χ1) is 12.4. The molecule has 0 spiro atoms. The van der Waals surface area contributed by atoms with Crippen LogP contribution in [0.15, 0.2) is 59.6 Å². The van der Waals surface area contributed by atoms with Crippen LogP contribution in [0.5, 0.6) is 0 Å². The van der Waals surface area contributed by atoms with Crippen molar-refractivity contribution in [1.82, 2.24) is 9.71 Å². The van der Waals surface area contributed by atoms with Gasteiger partial charge >= 0.3 is 0 Å². The van der Waals surface area contributed by atoms with Gasteiger partial charge in [-0.15, -0.1) is 0 Å². The van der Waals surface area contributed by atoms with Gasteiger partial charge < -0.3 is 5.32 Å². The zero-order chi connectivity index (χ0) is 18.7. The Kier molecular flexibility index (Phi) is 5.01. The molecule has 1 heterocycles. The monoisotopic (exact) mass is 369 g/mol. The zero-order valence-corrected chi connectivity index (χ0v) is 15.3. The lowest BCUT2D eigenvalue weighted by Crippen LogP contribution is -2.33. The van der Waals surface area contributed by atoms with Crippen molar-refractivity contribution in [1.29, 1.82) is 0 Å². The first-order valence-corrected chi connectivity index (χ1v) is 9.56. The smallest absolute Gasteiger partial charge is 0.241 e. The van der Waals surface area contributed by atoms with Crippen LogP contribution in [0.3, 0.4) is 0 Å². The number of benzene rings is 2. The van der Waals surface area contributed by atoms with Crippen molar-refractivity contribution in [3.63, 3.8) is 0 Å². The molecule has 3 aromatic rings. The van der Waals surface area contributed by atoms with Gasteiger partial charge in [-0.05, 0) is 37.6 Å². The van der Waals surface area contributed by atoms with Crippen LogP contribution in [0.4, 0.5) is 5.69 Å². The lowest BCUT2D eigenvalue weighted by atomic mass is 10.2. The molecule has 26 heavy (non-hydrogen) atoms. The highest BCUT2D eigenvalue weighted by molar-refractivity contribution is 7.89. The van der Waals surface area contributed by atoms with Crippen LogP contribution >= 0.6 is 0 Å². The molecule has 0 saturated heterocycles. The maximum absolute atomic E-state index is 12.4. The molecule has 1 amide bonds. The van der Waals surface area contributed by atoms with Crippen LogP contribution in [0.25, 0.3) is 10.9 Å². The van der Waals surface area contributed by atoms with Crippen molar-refractivity contribution in [2.24, 2.45) is 0 Å². The summed E-state index contributed by atoms with van der Waals surface area (Å²) in [6, 6.07) is 14.2. The molecular weight excluding hydrogens is 350 g/mol. The number of carbonyl (C=O) groups excluding carboxylic acids is 1. The summed E-state index contributed by atoms with van der Waals surface area (Å²) in [4.78, 5) is 16.6. The summed E-state index contributed by atoms with van der Waals surface area (Å²) in [7, 11) is -3.76. The van der Waals surface area contributed by atoms with E-state index in [0.717, 1.165) is 10.9 Å². The van der Waals surface area contributed by atoms with Crippen LogP contribution in [0, 0.1) is 13.8 Å². The van der Waals surface area contributed by atoms with Gasteiger partial charge in [-0.25, -0.2) is 13.1 Å². The van der Waals surface area contributed by atoms with Gasteiger partial charge in [0.15, 0.2) is 0 Å². The minimum Gasteiger partial charge on any atom is -0.323 e. The van der Waals surface area contributed by atoms with E-state index in [9.17, 15) is 13.2 Å². The highest BCUT2D eigenvalue weighted by atomic mass is 32.2.